The van der Waals surface area contributed by atoms with E-state index in [-0.39, 0.29) is 12.4 Å². The minimum Gasteiger partial charge on any atom is -0.461 e. The summed E-state index contributed by atoms with van der Waals surface area (Å²) in [6, 6.07) is 7.59. The number of benzene rings is 1. The lowest BCUT2D eigenvalue weighted by atomic mass is 10.1. The van der Waals surface area contributed by atoms with Gasteiger partial charge >= 0.3 is 0 Å². The summed E-state index contributed by atoms with van der Waals surface area (Å²) in [5.41, 5.74) is 1.01. The topological polar surface area (TPSA) is 29.5 Å². The Hall–Kier alpha value is -0.990. The molecule has 1 aliphatic heterocycles. The molecule has 0 saturated heterocycles. The Morgan fingerprint density at radius 2 is 2.00 bits per heavy atom. The van der Waals surface area contributed by atoms with Gasteiger partial charge in [0.1, 0.15) is 5.75 Å². The van der Waals surface area contributed by atoms with E-state index in [1.165, 1.54) is 0 Å². The molecule has 1 aromatic rings. The van der Waals surface area contributed by atoms with Gasteiger partial charge in [-0.1, -0.05) is 18.2 Å². The number of fused-ring (bicyclic) bond motifs is 1. The molecule has 0 aromatic heterocycles. The Labute approximate surface area is 76.9 Å². The van der Waals surface area contributed by atoms with E-state index in [2.05, 4.69) is 0 Å². The molecule has 1 heterocycles. The SMILES string of the molecule is Cl.OC1C=Cc2ccccc2O1. The van der Waals surface area contributed by atoms with Crippen LogP contribution in [-0.4, -0.2) is 11.4 Å². The average molecular weight is 185 g/mol. The van der Waals surface area contributed by atoms with Crippen molar-refractivity contribution in [1.82, 2.24) is 0 Å². The predicted molar refractivity (Wildman–Crippen MR) is 49.4 cm³/mol. The highest BCUT2D eigenvalue weighted by Gasteiger charge is 2.09. The molecule has 0 amide bonds. The summed E-state index contributed by atoms with van der Waals surface area (Å²) < 4.78 is 5.10. The molecule has 1 aliphatic rings. The van der Waals surface area contributed by atoms with Crippen LogP contribution < -0.4 is 4.74 Å². The average Bonchev–Trinajstić information content (AvgIpc) is 2.04. The van der Waals surface area contributed by atoms with E-state index in [0.717, 1.165) is 11.3 Å². The summed E-state index contributed by atoms with van der Waals surface area (Å²) in [5, 5.41) is 9.05. The standard InChI is InChI=1S/C9H8O2.ClH/c10-9-6-5-7-3-1-2-4-8(7)11-9;/h1-6,9-10H;1H. The van der Waals surface area contributed by atoms with Crippen LogP contribution in [0.1, 0.15) is 5.56 Å². The summed E-state index contributed by atoms with van der Waals surface area (Å²) in [5.74, 6) is 0.738. The number of halogens is 1. The van der Waals surface area contributed by atoms with Crippen molar-refractivity contribution in [2.45, 2.75) is 6.29 Å². The normalized spacial score (nSPS) is 18.9. The fourth-order valence-corrected chi connectivity index (χ4v) is 1.08. The second-order valence-corrected chi connectivity index (χ2v) is 2.41. The minimum atomic E-state index is -0.787. The molecule has 0 spiro atoms. The van der Waals surface area contributed by atoms with Crippen LogP contribution in [0.3, 0.4) is 0 Å². The number of hydrogen-bond acceptors (Lipinski definition) is 2. The lowest BCUT2D eigenvalue weighted by Crippen LogP contribution is -2.15. The van der Waals surface area contributed by atoms with Crippen LogP contribution in [0.2, 0.25) is 0 Å². The predicted octanol–water partition coefficient (Wildman–Crippen LogP) is 1.83. The van der Waals surface area contributed by atoms with E-state index in [0.29, 0.717) is 0 Å². The number of rotatable bonds is 0. The van der Waals surface area contributed by atoms with Crippen molar-refractivity contribution in [3.05, 3.63) is 35.9 Å². The summed E-state index contributed by atoms with van der Waals surface area (Å²) in [6.07, 6.45) is 2.68. The van der Waals surface area contributed by atoms with Gasteiger partial charge in [-0.3, -0.25) is 0 Å². The largest absolute Gasteiger partial charge is 0.461 e. The van der Waals surface area contributed by atoms with Crippen molar-refractivity contribution in [2.75, 3.05) is 0 Å². The first-order chi connectivity index (χ1) is 5.36. The zero-order valence-electron chi connectivity index (χ0n) is 6.31. The molecule has 3 heteroatoms. The highest BCUT2D eigenvalue weighted by molar-refractivity contribution is 5.85. The fourth-order valence-electron chi connectivity index (χ4n) is 1.08. The van der Waals surface area contributed by atoms with Crippen LogP contribution in [0.4, 0.5) is 0 Å². The van der Waals surface area contributed by atoms with E-state index in [1.54, 1.807) is 6.08 Å². The van der Waals surface area contributed by atoms with Crippen molar-refractivity contribution in [3.63, 3.8) is 0 Å². The summed E-state index contributed by atoms with van der Waals surface area (Å²) in [4.78, 5) is 0. The first kappa shape index (κ1) is 9.10. The number of hydrogen-bond donors (Lipinski definition) is 1. The summed E-state index contributed by atoms with van der Waals surface area (Å²) in [6.45, 7) is 0. The smallest absolute Gasteiger partial charge is 0.217 e. The van der Waals surface area contributed by atoms with E-state index in [9.17, 15) is 0 Å². The summed E-state index contributed by atoms with van der Waals surface area (Å²) in [7, 11) is 0. The van der Waals surface area contributed by atoms with Gasteiger partial charge in [0.2, 0.25) is 6.29 Å². The van der Waals surface area contributed by atoms with Gasteiger partial charge in [-0.05, 0) is 18.2 Å². The molecule has 1 unspecified atom stereocenters. The van der Waals surface area contributed by atoms with Gasteiger partial charge in [0.05, 0.1) is 0 Å². The molecular formula is C9H9ClO2. The molecule has 0 saturated carbocycles. The lowest BCUT2D eigenvalue weighted by Gasteiger charge is -2.16. The van der Waals surface area contributed by atoms with E-state index in [4.69, 9.17) is 9.84 Å². The van der Waals surface area contributed by atoms with Gasteiger partial charge in [-0.25, -0.2) is 0 Å². The zero-order valence-corrected chi connectivity index (χ0v) is 7.12. The van der Waals surface area contributed by atoms with E-state index >= 15 is 0 Å². The molecule has 2 nitrogen and oxygen atoms in total. The Morgan fingerprint density at radius 1 is 1.25 bits per heavy atom. The molecule has 0 aliphatic carbocycles. The van der Waals surface area contributed by atoms with Crippen LogP contribution in [-0.2, 0) is 0 Å². The maximum Gasteiger partial charge on any atom is 0.217 e. The van der Waals surface area contributed by atoms with Gasteiger partial charge in [0.15, 0.2) is 0 Å². The molecule has 0 bridgehead atoms. The Bertz CT molecular complexity index is 296. The van der Waals surface area contributed by atoms with Gasteiger partial charge in [0.25, 0.3) is 0 Å². The number of aliphatic hydroxyl groups is 1. The molecule has 12 heavy (non-hydrogen) atoms. The van der Waals surface area contributed by atoms with Crippen LogP contribution in [0.5, 0.6) is 5.75 Å². The molecule has 0 fully saturated rings. The van der Waals surface area contributed by atoms with Crippen LogP contribution in [0.15, 0.2) is 30.3 Å². The monoisotopic (exact) mass is 184 g/mol. The quantitative estimate of drug-likeness (QED) is 0.667. The second-order valence-electron chi connectivity index (χ2n) is 2.41. The van der Waals surface area contributed by atoms with E-state index < -0.39 is 6.29 Å². The van der Waals surface area contributed by atoms with Crippen molar-refractivity contribution in [1.29, 1.82) is 0 Å². The van der Waals surface area contributed by atoms with Crippen molar-refractivity contribution < 1.29 is 9.84 Å². The first-order valence-corrected chi connectivity index (χ1v) is 3.48. The third kappa shape index (κ3) is 1.60. The maximum atomic E-state index is 9.05. The highest BCUT2D eigenvalue weighted by Crippen LogP contribution is 2.24. The highest BCUT2D eigenvalue weighted by atomic mass is 35.5. The fraction of sp³-hybridized carbons (Fsp3) is 0.111. The third-order valence-corrected chi connectivity index (χ3v) is 1.61. The van der Waals surface area contributed by atoms with Gasteiger partial charge in [-0.15, -0.1) is 12.4 Å². The molecule has 64 valence electrons. The molecule has 1 atom stereocenters. The lowest BCUT2D eigenvalue weighted by molar-refractivity contribution is 0.0231. The third-order valence-electron chi connectivity index (χ3n) is 1.61. The van der Waals surface area contributed by atoms with Gasteiger partial charge in [0, 0.05) is 5.56 Å². The maximum absolute atomic E-state index is 9.05. The molecular weight excluding hydrogens is 176 g/mol. The van der Waals surface area contributed by atoms with Gasteiger partial charge < -0.3 is 9.84 Å². The van der Waals surface area contributed by atoms with Crippen molar-refractivity contribution in [2.24, 2.45) is 0 Å². The van der Waals surface area contributed by atoms with E-state index in [1.807, 2.05) is 30.3 Å². The zero-order chi connectivity index (χ0) is 7.68. The van der Waals surface area contributed by atoms with Crippen LogP contribution >= 0.6 is 12.4 Å². The number of para-hydroxylation sites is 1. The van der Waals surface area contributed by atoms with Crippen molar-refractivity contribution >= 4 is 18.5 Å². The van der Waals surface area contributed by atoms with Crippen molar-refractivity contribution in [3.8, 4) is 5.75 Å². The number of ether oxygens (including phenoxy) is 1. The number of aliphatic hydroxyl groups excluding tert-OH is 1. The molecule has 2 rings (SSSR count). The summed E-state index contributed by atoms with van der Waals surface area (Å²) >= 11 is 0. The van der Waals surface area contributed by atoms with Crippen LogP contribution in [0.25, 0.3) is 6.08 Å². The Balaban J connectivity index is 0.000000720. The van der Waals surface area contributed by atoms with Crippen LogP contribution in [0, 0.1) is 0 Å². The second kappa shape index (κ2) is 3.61. The Kier molecular flexibility index (Phi) is 2.74. The minimum absolute atomic E-state index is 0. The molecule has 0 radical (unpaired) electrons. The molecule has 1 N–H and O–H groups in total. The first-order valence-electron chi connectivity index (χ1n) is 3.48. The Morgan fingerprint density at radius 3 is 2.83 bits per heavy atom. The molecule has 1 aromatic carbocycles. The van der Waals surface area contributed by atoms with Gasteiger partial charge in [-0.2, -0.15) is 0 Å².